The van der Waals surface area contributed by atoms with E-state index >= 15 is 0 Å². The number of carboxylic acids is 1. The molecule has 0 aliphatic rings. The van der Waals surface area contributed by atoms with Crippen molar-refractivity contribution in [2.24, 2.45) is 0 Å². The van der Waals surface area contributed by atoms with E-state index in [0.717, 1.165) is 22.6 Å². The van der Waals surface area contributed by atoms with Crippen LogP contribution in [-0.2, 0) is 6.42 Å². The molecule has 0 radical (unpaired) electrons. The van der Waals surface area contributed by atoms with Gasteiger partial charge in [-0.15, -0.1) is 0 Å². The van der Waals surface area contributed by atoms with Crippen molar-refractivity contribution < 1.29 is 9.90 Å². The van der Waals surface area contributed by atoms with Crippen molar-refractivity contribution in [2.45, 2.75) is 32.6 Å². The predicted octanol–water partition coefficient (Wildman–Crippen LogP) is 5.42. The van der Waals surface area contributed by atoms with Gasteiger partial charge in [0.15, 0.2) is 0 Å². The van der Waals surface area contributed by atoms with Crippen LogP contribution in [0, 0.1) is 0 Å². The van der Waals surface area contributed by atoms with Gasteiger partial charge in [0.2, 0.25) is 0 Å². The molecule has 0 heterocycles. The average Bonchev–Trinajstić information content (AvgIpc) is 2.54. The molecule has 0 aliphatic carbocycles. The van der Waals surface area contributed by atoms with Crippen LogP contribution in [0.5, 0.6) is 0 Å². The maximum atomic E-state index is 11.2. The summed E-state index contributed by atoms with van der Waals surface area (Å²) in [6.07, 6.45) is 4.72. The van der Waals surface area contributed by atoms with Crippen LogP contribution in [0.4, 0.5) is 0 Å². The first-order valence-electron chi connectivity index (χ1n) is 7.88. The zero-order valence-electron chi connectivity index (χ0n) is 12.8. The number of hydrogen-bond donors (Lipinski definition) is 1. The van der Waals surface area contributed by atoms with Crippen molar-refractivity contribution in [3.8, 4) is 0 Å². The molecule has 3 aromatic rings. The molecule has 3 rings (SSSR count). The molecule has 0 saturated heterocycles. The molecule has 0 aliphatic heterocycles. The van der Waals surface area contributed by atoms with E-state index in [1.807, 2.05) is 12.1 Å². The standard InChI is InChI=1S/C20H20O2/c1-2-3-4-7-14-12-15-10-11-16(20(21)22)13-19(15)18-9-6-5-8-17(14)18/h5-6,8-13H,2-4,7H2,1H3,(H,21,22). The fourth-order valence-corrected chi connectivity index (χ4v) is 3.08. The van der Waals surface area contributed by atoms with Crippen molar-refractivity contribution in [1.82, 2.24) is 0 Å². The number of rotatable bonds is 5. The van der Waals surface area contributed by atoms with Crippen LogP contribution in [0.3, 0.4) is 0 Å². The van der Waals surface area contributed by atoms with Gasteiger partial charge >= 0.3 is 5.97 Å². The van der Waals surface area contributed by atoms with E-state index in [9.17, 15) is 9.90 Å². The van der Waals surface area contributed by atoms with Gasteiger partial charge in [0.25, 0.3) is 0 Å². The molecule has 2 nitrogen and oxygen atoms in total. The minimum Gasteiger partial charge on any atom is -0.478 e. The summed E-state index contributed by atoms with van der Waals surface area (Å²) >= 11 is 0. The highest BCUT2D eigenvalue weighted by atomic mass is 16.4. The third-order valence-electron chi connectivity index (χ3n) is 4.24. The van der Waals surface area contributed by atoms with Crippen LogP contribution in [0.2, 0.25) is 0 Å². The lowest BCUT2D eigenvalue weighted by Gasteiger charge is -2.11. The molecule has 3 aromatic carbocycles. The third kappa shape index (κ3) is 2.69. The number of carbonyl (C=O) groups is 1. The van der Waals surface area contributed by atoms with Gasteiger partial charge < -0.3 is 5.11 Å². The van der Waals surface area contributed by atoms with Crippen molar-refractivity contribution in [1.29, 1.82) is 0 Å². The number of carboxylic acid groups (broad SMARTS) is 1. The van der Waals surface area contributed by atoms with Crippen LogP contribution in [0.15, 0.2) is 48.5 Å². The lowest BCUT2D eigenvalue weighted by Crippen LogP contribution is -1.96. The Hall–Kier alpha value is -2.35. The molecule has 0 aromatic heterocycles. The Morgan fingerprint density at radius 1 is 0.955 bits per heavy atom. The topological polar surface area (TPSA) is 37.3 Å². The molecule has 1 N–H and O–H groups in total. The van der Waals surface area contributed by atoms with E-state index < -0.39 is 5.97 Å². The second-order valence-electron chi connectivity index (χ2n) is 5.78. The highest BCUT2D eigenvalue weighted by molar-refractivity contribution is 6.10. The van der Waals surface area contributed by atoms with Gasteiger partial charge in [0, 0.05) is 0 Å². The van der Waals surface area contributed by atoms with Crippen LogP contribution in [0.1, 0.15) is 42.1 Å². The normalized spacial score (nSPS) is 11.1. The Bertz CT molecular complexity index is 834. The van der Waals surface area contributed by atoms with Crippen LogP contribution < -0.4 is 0 Å². The first-order valence-corrected chi connectivity index (χ1v) is 7.88. The monoisotopic (exact) mass is 292 g/mol. The minimum atomic E-state index is -0.877. The first-order chi connectivity index (χ1) is 10.7. The Morgan fingerprint density at radius 3 is 2.45 bits per heavy atom. The Morgan fingerprint density at radius 2 is 1.73 bits per heavy atom. The summed E-state index contributed by atoms with van der Waals surface area (Å²) in [6, 6.07) is 15.9. The molecule has 22 heavy (non-hydrogen) atoms. The summed E-state index contributed by atoms with van der Waals surface area (Å²) < 4.78 is 0. The quantitative estimate of drug-likeness (QED) is 0.503. The largest absolute Gasteiger partial charge is 0.478 e. The lowest BCUT2D eigenvalue weighted by atomic mass is 9.93. The van der Waals surface area contributed by atoms with Gasteiger partial charge in [0.05, 0.1) is 5.56 Å². The molecule has 0 bridgehead atoms. The number of hydrogen-bond acceptors (Lipinski definition) is 1. The molecule has 0 saturated carbocycles. The Labute approximate surface area is 130 Å². The SMILES string of the molecule is CCCCCc1cc2ccc(C(=O)O)cc2c2ccccc12. The molecule has 2 heteroatoms. The molecular weight excluding hydrogens is 272 g/mol. The van der Waals surface area contributed by atoms with Crippen LogP contribution in [-0.4, -0.2) is 11.1 Å². The Kier molecular flexibility index (Phi) is 4.10. The van der Waals surface area contributed by atoms with Crippen molar-refractivity contribution >= 4 is 27.5 Å². The minimum absolute atomic E-state index is 0.344. The van der Waals surface area contributed by atoms with E-state index in [0.29, 0.717) is 5.56 Å². The van der Waals surface area contributed by atoms with Crippen LogP contribution >= 0.6 is 0 Å². The van der Waals surface area contributed by atoms with Gasteiger partial charge in [-0.05, 0) is 52.1 Å². The molecule has 0 atom stereocenters. The highest BCUT2D eigenvalue weighted by Crippen LogP contribution is 2.30. The van der Waals surface area contributed by atoms with Gasteiger partial charge in [-0.3, -0.25) is 0 Å². The zero-order valence-corrected chi connectivity index (χ0v) is 12.8. The summed E-state index contributed by atoms with van der Waals surface area (Å²) in [4.78, 5) is 11.2. The Balaban J connectivity index is 2.20. The summed E-state index contributed by atoms with van der Waals surface area (Å²) in [5, 5.41) is 13.7. The van der Waals surface area contributed by atoms with E-state index in [1.165, 1.54) is 30.2 Å². The predicted molar refractivity (Wildman–Crippen MR) is 91.6 cm³/mol. The fraction of sp³-hybridized carbons (Fsp3) is 0.250. The number of unbranched alkanes of at least 4 members (excludes halogenated alkanes) is 2. The second-order valence-corrected chi connectivity index (χ2v) is 5.78. The van der Waals surface area contributed by atoms with Gasteiger partial charge in [-0.25, -0.2) is 4.79 Å². The maximum Gasteiger partial charge on any atom is 0.335 e. The van der Waals surface area contributed by atoms with Gasteiger partial charge in [-0.2, -0.15) is 0 Å². The molecule has 0 unspecified atom stereocenters. The smallest absolute Gasteiger partial charge is 0.335 e. The van der Waals surface area contributed by atoms with E-state index in [4.69, 9.17) is 0 Å². The third-order valence-corrected chi connectivity index (χ3v) is 4.24. The van der Waals surface area contributed by atoms with Crippen molar-refractivity contribution in [3.63, 3.8) is 0 Å². The molecule has 112 valence electrons. The molecule has 0 spiro atoms. The maximum absolute atomic E-state index is 11.2. The zero-order chi connectivity index (χ0) is 15.5. The average molecular weight is 292 g/mol. The molecule has 0 amide bonds. The van der Waals surface area contributed by atoms with Crippen molar-refractivity contribution in [2.75, 3.05) is 0 Å². The highest BCUT2D eigenvalue weighted by Gasteiger charge is 2.09. The van der Waals surface area contributed by atoms with Crippen molar-refractivity contribution in [3.05, 3.63) is 59.7 Å². The van der Waals surface area contributed by atoms with Crippen LogP contribution in [0.25, 0.3) is 21.5 Å². The van der Waals surface area contributed by atoms with Gasteiger partial charge in [-0.1, -0.05) is 56.2 Å². The number of fused-ring (bicyclic) bond motifs is 3. The molecular formula is C20H20O2. The van der Waals surface area contributed by atoms with E-state index in [1.54, 1.807) is 12.1 Å². The summed E-state index contributed by atoms with van der Waals surface area (Å²) in [5.74, 6) is -0.877. The first kappa shape index (κ1) is 14.6. The number of aryl methyl sites for hydroxylation is 1. The fourth-order valence-electron chi connectivity index (χ4n) is 3.08. The van der Waals surface area contributed by atoms with E-state index in [-0.39, 0.29) is 0 Å². The summed E-state index contributed by atoms with van der Waals surface area (Å²) in [6.45, 7) is 2.21. The van der Waals surface area contributed by atoms with E-state index in [2.05, 4.69) is 31.2 Å². The number of aromatic carboxylic acids is 1. The molecule has 0 fully saturated rings. The summed E-state index contributed by atoms with van der Waals surface area (Å²) in [5.41, 5.74) is 1.70. The second kappa shape index (κ2) is 6.18. The lowest BCUT2D eigenvalue weighted by molar-refractivity contribution is 0.0697. The van der Waals surface area contributed by atoms with Gasteiger partial charge in [0.1, 0.15) is 0 Å². The number of benzene rings is 3. The summed E-state index contributed by atoms with van der Waals surface area (Å²) in [7, 11) is 0.